The molecule has 122 valence electrons. The number of hydrogen-bond acceptors (Lipinski definition) is 4. The number of quaternary nitrogens is 1. The number of amides is 2. The maximum Gasteiger partial charge on any atom is 0.413 e. The molecule has 0 spiro atoms. The largest absolute Gasteiger partial charge is 0.453 e. The zero-order chi connectivity index (χ0) is 16.7. The summed E-state index contributed by atoms with van der Waals surface area (Å²) in [6, 6.07) is 12.5. The van der Waals surface area contributed by atoms with E-state index in [9.17, 15) is 9.59 Å². The van der Waals surface area contributed by atoms with Crippen LogP contribution >= 0.6 is 11.3 Å². The molecule has 0 fully saturated rings. The minimum absolute atomic E-state index is 0.0318. The number of hydrogen-bond donors (Lipinski definition) is 2. The number of carbonyl (C=O) groups is 2. The average Bonchev–Trinajstić information content (AvgIpc) is 3.09. The lowest BCUT2D eigenvalue weighted by Crippen LogP contribution is -2.87. The van der Waals surface area contributed by atoms with Crippen molar-refractivity contribution in [1.29, 1.82) is 0 Å². The van der Waals surface area contributed by atoms with Crippen LogP contribution in [-0.4, -0.2) is 25.7 Å². The second-order valence-electron chi connectivity index (χ2n) is 5.07. The number of methoxy groups -OCH3 is 1. The van der Waals surface area contributed by atoms with E-state index in [4.69, 9.17) is 0 Å². The van der Waals surface area contributed by atoms with Gasteiger partial charge < -0.3 is 10.1 Å². The molecule has 2 rings (SSSR count). The molecule has 0 radical (unpaired) electrons. The maximum absolute atomic E-state index is 11.8. The number of benzene rings is 1. The normalized spacial score (nSPS) is 11.7. The van der Waals surface area contributed by atoms with Crippen LogP contribution in [0.4, 0.5) is 4.79 Å². The molecular formula is C17H21N2O3S+. The van der Waals surface area contributed by atoms with E-state index >= 15 is 0 Å². The first-order valence-corrected chi connectivity index (χ1v) is 8.35. The second-order valence-corrected chi connectivity index (χ2v) is 6.05. The molecule has 0 aliphatic rings. The van der Waals surface area contributed by atoms with Gasteiger partial charge in [-0.05, 0) is 23.4 Å². The molecule has 1 aromatic heterocycles. The molecule has 2 amide bonds. The molecule has 6 heteroatoms. The summed E-state index contributed by atoms with van der Waals surface area (Å²) in [6.07, 6.45) is 0.262. The van der Waals surface area contributed by atoms with E-state index in [2.05, 4.69) is 47.3 Å². The van der Waals surface area contributed by atoms with Crippen molar-refractivity contribution in [1.82, 2.24) is 5.32 Å². The van der Waals surface area contributed by atoms with Gasteiger partial charge in [-0.3, -0.25) is 10.1 Å². The van der Waals surface area contributed by atoms with Crippen molar-refractivity contribution in [3.8, 4) is 0 Å². The Morgan fingerprint density at radius 2 is 2.00 bits per heavy atom. The highest BCUT2D eigenvalue weighted by atomic mass is 32.1. The summed E-state index contributed by atoms with van der Waals surface area (Å²) in [5, 5.41) is 6.11. The molecule has 0 saturated heterocycles. The molecule has 1 atom stereocenters. The summed E-state index contributed by atoms with van der Waals surface area (Å²) < 4.78 is 4.43. The van der Waals surface area contributed by atoms with E-state index in [0.29, 0.717) is 0 Å². The Morgan fingerprint density at radius 1 is 1.26 bits per heavy atom. The first-order valence-electron chi connectivity index (χ1n) is 7.47. The summed E-state index contributed by atoms with van der Waals surface area (Å²) in [5.41, 5.74) is 2.41. The van der Waals surface area contributed by atoms with Crippen LogP contribution in [0.1, 0.15) is 29.0 Å². The first kappa shape index (κ1) is 17.2. The monoisotopic (exact) mass is 333 g/mol. The second kappa shape index (κ2) is 8.45. The number of ether oxygens (including phenoxy) is 1. The summed E-state index contributed by atoms with van der Waals surface area (Å²) in [6.45, 7) is 2.27. The number of imide groups is 1. The smallest absolute Gasteiger partial charge is 0.413 e. The fourth-order valence-electron chi connectivity index (χ4n) is 2.29. The molecule has 3 N–H and O–H groups in total. The van der Waals surface area contributed by atoms with E-state index in [1.807, 2.05) is 16.8 Å². The third kappa shape index (κ3) is 4.91. The Kier molecular flexibility index (Phi) is 6.31. The van der Waals surface area contributed by atoms with E-state index in [1.54, 1.807) is 11.3 Å². The van der Waals surface area contributed by atoms with E-state index in [-0.39, 0.29) is 18.5 Å². The van der Waals surface area contributed by atoms with Crippen LogP contribution in [0.3, 0.4) is 0 Å². The topological polar surface area (TPSA) is 72.0 Å². The Hall–Kier alpha value is -2.18. The number of nitrogens with two attached hydrogens (primary N) is 1. The molecule has 0 bridgehead atoms. The van der Waals surface area contributed by atoms with E-state index in [0.717, 1.165) is 12.0 Å². The van der Waals surface area contributed by atoms with E-state index < -0.39 is 6.09 Å². The highest BCUT2D eigenvalue weighted by molar-refractivity contribution is 7.10. The van der Waals surface area contributed by atoms with E-state index in [1.165, 1.54) is 17.6 Å². The first-order chi connectivity index (χ1) is 11.1. The molecule has 1 heterocycles. The van der Waals surface area contributed by atoms with Gasteiger partial charge in [-0.25, -0.2) is 4.79 Å². The number of rotatable bonds is 6. The standard InChI is InChI=1S/C17H20N2O3S/c1-3-12-6-8-13(9-7-12)16(14-5-4-10-23-14)18-11-15(20)19-17(21)22-2/h4-10,16,18H,3,11H2,1-2H3,(H,19,20,21)/p+1/t16-/m0/s1. The van der Waals surface area contributed by atoms with Crippen molar-refractivity contribution in [3.05, 3.63) is 57.8 Å². The molecule has 0 aliphatic carbocycles. The van der Waals surface area contributed by atoms with Crippen molar-refractivity contribution < 1.29 is 19.6 Å². The van der Waals surface area contributed by atoms with Crippen LogP contribution in [-0.2, 0) is 16.0 Å². The van der Waals surface area contributed by atoms with Gasteiger partial charge in [-0.15, -0.1) is 11.3 Å². The van der Waals surface area contributed by atoms with Gasteiger partial charge in [-0.1, -0.05) is 37.3 Å². The third-order valence-corrected chi connectivity index (χ3v) is 4.52. The Labute approximate surface area is 139 Å². The maximum atomic E-state index is 11.8. The lowest BCUT2D eigenvalue weighted by molar-refractivity contribution is -0.676. The zero-order valence-electron chi connectivity index (χ0n) is 13.2. The molecule has 5 nitrogen and oxygen atoms in total. The number of nitrogens with one attached hydrogen (secondary N) is 1. The number of carbonyl (C=O) groups excluding carboxylic acids is 2. The van der Waals surface area contributed by atoms with Crippen molar-refractivity contribution in [2.45, 2.75) is 19.4 Å². The molecule has 1 aromatic carbocycles. The van der Waals surface area contributed by atoms with Crippen LogP contribution in [0.5, 0.6) is 0 Å². The fourth-order valence-corrected chi connectivity index (χ4v) is 3.14. The van der Waals surface area contributed by atoms with Crippen molar-refractivity contribution in [2.24, 2.45) is 0 Å². The minimum atomic E-state index is -0.733. The highest BCUT2D eigenvalue weighted by Crippen LogP contribution is 2.23. The van der Waals surface area contributed by atoms with Crippen molar-refractivity contribution in [3.63, 3.8) is 0 Å². The van der Waals surface area contributed by atoms with Gasteiger partial charge in [0.2, 0.25) is 0 Å². The quantitative estimate of drug-likeness (QED) is 0.847. The molecule has 0 saturated carbocycles. The van der Waals surface area contributed by atoms with Crippen molar-refractivity contribution >= 4 is 23.3 Å². The van der Waals surface area contributed by atoms with Gasteiger partial charge >= 0.3 is 6.09 Å². The van der Waals surface area contributed by atoms with Gasteiger partial charge in [0.25, 0.3) is 5.91 Å². The number of aryl methyl sites for hydroxylation is 1. The van der Waals surface area contributed by atoms with Gasteiger partial charge in [-0.2, -0.15) is 0 Å². The molecular weight excluding hydrogens is 312 g/mol. The summed E-state index contributed by atoms with van der Waals surface area (Å²) in [4.78, 5) is 24.0. The predicted molar refractivity (Wildman–Crippen MR) is 89.3 cm³/mol. The van der Waals surface area contributed by atoms with Crippen LogP contribution in [0.2, 0.25) is 0 Å². The van der Waals surface area contributed by atoms with Crippen LogP contribution < -0.4 is 10.6 Å². The van der Waals surface area contributed by atoms with Crippen LogP contribution in [0.25, 0.3) is 0 Å². The van der Waals surface area contributed by atoms with Gasteiger partial charge in [0.15, 0.2) is 6.54 Å². The lowest BCUT2D eigenvalue weighted by Gasteiger charge is -2.15. The predicted octanol–water partition coefficient (Wildman–Crippen LogP) is 1.85. The third-order valence-electron chi connectivity index (χ3n) is 3.56. The van der Waals surface area contributed by atoms with Crippen LogP contribution in [0.15, 0.2) is 41.8 Å². The van der Waals surface area contributed by atoms with Crippen LogP contribution in [0, 0.1) is 0 Å². The lowest BCUT2D eigenvalue weighted by atomic mass is 10.0. The summed E-state index contributed by atoms with van der Waals surface area (Å²) in [5.74, 6) is -0.372. The molecule has 0 aliphatic heterocycles. The molecule has 0 unspecified atom stereocenters. The Balaban J connectivity index is 2.09. The fraction of sp³-hybridized carbons (Fsp3) is 0.294. The van der Waals surface area contributed by atoms with Gasteiger partial charge in [0.05, 0.1) is 12.0 Å². The van der Waals surface area contributed by atoms with Gasteiger partial charge in [0, 0.05) is 5.56 Å². The number of thiophene rings is 1. The summed E-state index contributed by atoms with van der Waals surface area (Å²) in [7, 11) is 1.23. The Bertz CT molecular complexity index is 638. The average molecular weight is 333 g/mol. The zero-order valence-corrected chi connectivity index (χ0v) is 14.1. The van der Waals surface area contributed by atoms with Crippen molar-refractivity contribution in [2.75, 3.05) is 13.7 Å². The molecule has 23 heavy (non-hydrogen) atoms. The molecule has 2 aromatic rings. The Morgan fingerprint density at radius 3 is 2.57 bits per heavy atom. The highest BCUT2D eigenvalue weighted by Gasteiger charge is 2.20. The minimum Gasteiger partial charge on any atom is -0.453 e. The van der Waals surface area contributed by atoms with Gasteiger partial charge in [0.1, 0.15) is 6.04 Å². The summed E-state index contributed by atoms with van der Waals surface area (Å²) >= 11 is 1.65. The SMILES string of the molecule is CCc1ccc([C@H]([NH2+]CC(=O)NC(=O)OC)c2cccs2)cc1. The number of alkyl carbamates (subject to hydrolysis) is 1.